The molecule has 0 aliphatic heterocycles. The van der Waals surface area contributed by atoms with Crippen LogP contribution in [0.2, 0.25) is 17.3 Å². The van der Waals surface area contributed by atoms with Gasteiger partial charge in [-0.2, -0.15) is 0 Å². The molecule has 0 saturated heterocycles. The van der Waals surface area contributed by atoms with Crippen molar-refractivity contribution in [3.05, 3.63) is 83.8 Å². The van der Waals surface area contributed by atoms with Gasteiger partial charge in [-0.3, -0.25) is 0 Å². The third kappa shape index (κ3) is 4.31. The third-order valence-electron chi connectivity index (χ3n) is 6.05. The van der Waals surface area contributed by atoms with E-state index in [0.29, 0.717) is 11.5 Å². The SMILES string of the molecule is Cc1c[c]([Ge]([CH3])([CH3])[CH3])ccc1-c1cc(-c2cc(C(C)C)c3ccccc3c2)ncc1F. The van der Waals surface area contributed by atoms with Crippen LogP contribution in [0.25, 0.3) is 33.2 Å². The summed E-state index contributed by atoms with van der Waals surface area (Å²) in [6, 6.07) is 21.2. The normalized spacial score (nSPS) is 12.0. The second-order valence-electron chi connectivity index (χ2n) is 9.77. The quantitative estimate of drug-likeness (QED) is 0.278. The van der Waals surface area contributed by atoms with Crippen LogP contribution in [0.4, 0.5) is 4.39 Å². The van der Waals surface area contributed by atoms with Gasteiger partial charge in [0, 0.05) is 0 Å². The van der Waals surface area contributed by atoms with Gasteiger partial charge in [-0.05, 0) is 0 Å². The Bertz CT molecular complexity index is 1270. The van der Waals surface area contributed by atoms with E-state index in [1.165, 1.54) is 26.9 Å². The van der Waals surface area contributed by atoms with Crippen molar-refractivity contribution in [1.82, 2.24) is 4.98 Å². The Balaban J connectivity index is 1.86. The Morgan fingerprint density at radius 2 is 1.61 bits per heavy atom. The summed E-state index contributed by atoms with van der Waals surface area (Å²) >= 11 is -1.93. The van der Waals surface area contributed by atoms with Gasteiger partial charge in [0.05, 0.1) is 0 Å². The number of hydrogen-bond donors (Lipinski definition) is 0. The van der Waals surface area contributed by atoms with E-state index in [2.05, 4.69) is 97.6 Å². The van der Waals surface area contributed by atoms with Gasteiger partial charge in [0.1, 0.15) is 0 Å². The molecule has 4 aromatic rings. The molecule has 0 atom stereocenters. The molecule has 158 valence electrons. The topological polar surface area (TPSA) is 12.9 Å². The van der Waals surface area contributed by atoms with Crippen molar-refractivity contribution in [1.29, 1.82) is 0 Å². The molecule has 31 heavy (non-hydrogen) atoms. The van der Waals surface area contributed by atoms with Crippen molar-refractivity contribution in [2.75, 3.05) is 0 Å². The fraction of sp³-hybridized carbons (Fsp3) is 0.250. The molecule has 0 bridgehead atoms. The van der Waals surface area contributed by atoms with Crippen LogP contribution >= 0.6 is 0 Å². The fourth-order valence-electron chi connectivity index (χ4n) is 4.20. The molecule has 0 fully saturated rings. The summed E-state index contributed by atoms with van der Waals surface area (Å²) in [5.74, 6) is 7.26. The van der Waals surface area contributed by atoms with Crippen LogP contribution in [0, 0.1) is 12.7 Å². The van der Waals surface area contributed by atoms with E-state index in [-0.39, 0.29) is 5.82 Å². The van der Waals surface area contributed by atoms with Crippen molar-refractivity contribution >= 4 is 28.4 Å². The maximum atomic E-state index is 14.9. The van der Waals surface area contributed by atoms with Crippen LogP contribution in [-0.2, 0) is 0 Å². The van der Waals surface area contributed by atoms with Gasteiger partial charge >= 0.3 is 182 Å². The first-order valence-electron chi connectivity index (χ1n) is 11.0. The molecule has 0 unspecified atom stereocenters. The van der Waals surface area contributed by atoms with Crippen molar-refractivity contribution in [2.45, 2.75) is 44.0 Å². The summed E-state index contributed by atoms with van der Waals surface area (Å²) in [5, 5.41) is 2.46. The van der Waals surface area contributed by atoms with Gasteiger partial charge in [-0.25, -0.2) is 0 Å². The second-order valence-corrected chi connectivity index (χ2v) is 20.4. The molecular weight excluding hydrogens is 442 g/mol. The van der Waals surface area contributed by atoms with Gasteiger partial charge in [0.15, 0.2) is 0 Å². The molecule has 1 aromatic heterocycles. The number of halogens is 1. The number of rotatable bonds is 4. The predicted octanol–water partition coefficient (Wildman–Crippen LogP) is 7.68. The van der Waals surface area contributed by atoms with Crippen LogP contribution in [0.1, 0.15) is 30.9 Å². The van der Waals surface area contributed by atoms with Crippen molar-refractivity contribution in [3.8, 4) is 22.4 Å². The minimum atomic E-state index is -1.93. The van der Waals surface area contributed by atoms with E-state index in [9.17, 15) is 4.39 Å². The van der Waals surface area contributed by atoms with Crippen molar-refractivity contribution in [3.63, 3.8) is 0 Å². The summed E-state index contributed by atoms with van der Waals surface area (Å²) in [6.45, 7) is 6.50. The van der Waals surface area contributed by atoms with E-state index >= 15 is 0 Å². The van der Waals surface area contributed by atoms with Crippen molar-refractivity contribution < 1.29 is 4.39 Å². The third-order valence-corrected chi connectivity index (χ3v) is 10.3. The van der Waals surface area contributed by atoms with Gasteiger partial charge in [0.2, 0.25) is 0 Å². The molecule has 0 aliphatic rings. The standard InChI is InChI=1S/C28H30FGeN/c1-18(2)25-15-21(14-20-9-7-8-10-24(20)25)28-16-26(27(29)17-31-28)23-12-11-22(13-19(23)3)30(4,5)6/h7-18H,1-6H3. The number of nitrogens with zero attached hydrogens (tertiary/aromatic N) is 1. The number of aryl methyl sites for hydroxylation is 1. The maximum absolute atomic E-state index is 14.9. The zero-order valence-electron chi connectivity index (χ0n) is 19.3. The molecule has 3 heteroatoms. The van der Waals surface area contributed by atoms with Gasteiger partial charge in [-0.1, -0.05) is 6.07 Å². The molecule has 0 N–H and O–H groups in total. The Morgan fingerprint density at radius 3 is 2.29 bits per heavy atom. The number of aromatic nitrogens is 1. The molecule has 0 aliphatic carbocycles. The van der Waals surface area contributed by atoms with Crippen molar-refractivity contribution in [2.24, 2.45) is 0 Å². The fourth-order valence-corrected chi connectivity index (χ4v) is 6.79. The van der Waals surface area contributed by atoms with Gasteiger partial charge in [-0.15, -0.1) is 0 Å². The summed E-state index contributed by atoms with van der Waals surface area (Å²) in [6.07, 6.45) is 1.36. The Morgan fingerprint density at radius 1 is 0.871 bits per heavy atom. The van der Waals surface area contributed by atoms with Crippen LogP contribution < -0.4 is 4.40 Å². The molecule has 0 amide bonds. The van der Waals surface area contributed by atoms with Gasteiger partial charge in [0.25, 0.3) is 0 Å². The number of fused-ring (bicyclic) bond motifs is 1. The predicted molar refractivity (Wildman–Crippen MR) is 134 cm³/mol. The zero-order valence-corrected chi connectivity index (χ0v) is 21.4. The molecule has 1 heterocycles. The summed E-state index contributed by atoms with van der Waals surface area (Å²) in [5.41, 5.74) is 5.81. The summed E-state index contributed by atoms with van der Waals surface area (Å²) in [4.78, 5) is 4.46. The van der Waals surface area contributed by atoms with Crippen LogP contribution in [0.3, 0.4) is 0 Å². The van der Waals surface area contributed by atoms with E-state index in [0.717, 1.165) is 22.4 Å². The van der Waals surface area contributed by atoms with E-state index in [4.69, 9.17) is 0 Å². The van der Waals surface area contributed by atoms with Crippen LogP contribution in [0.5, 0.6) is 0 Å². The molecule has 1 nitrogen and oxygen atoms in total. The van der Waals surface area contributed by atoms with Crippen LogP contribution in [-0.4, -0.2) is 18.3 Å². The molecular formula is C28H30FGeN. The number of hydrogen-bond acceptors (Lipinski definition) is 1. The zero-order chi connectivity index (χ0) is 22.3. The first kappa shape index (κ1) is 21.8. The molecule has 0 spiro atoms. The average Bonchev–Trinajstić information content (AvgIpc) is 2.72. The van der Waals surface area contributed by atoms with E-state index in [1.807, 2.05) is 6.07 Å². The average molecular weight is 472 g/mol. The Hall–Kier alpha value is -2.46. The second kappa shape index (κ2) is 8.23. The van der Waals surface area contributed by atoms with E-state index < -0.39 is 13.3 Å². The van der Waals surface area contributed by atoms with E-state index in [1.54, 1.807) is 0 Å². The number of benzene rings is 3. The Labute approximate surface area is 187 Å². The molecule has 4 rings (SSSR count). The Kier molecular flexibility index (Phi) is 5.78. The first-order chi connectivity index (χ1) is 14.6. The minimum absolute atomic E-state index is 0.276. The number of pyridine rings is 1. The first-order valence-corrected chi connectivity index (χ1v) is 18.3. The molecule has 0 saturated carbocycles. The molecule has 3 aromatic carbocycles. The monoisotopic (exact) mass is 473 g/mol. The summed E-state index contributed by atoms with van der Waals surface area (Å²) in [7, 11) is 0. The summed E-state index contributed by atoms with van der Waals surface area (Å²) < 4.78 is 16.3. The van der Waals surface area contributed by atoms with Crippen LogP contribution in [0.15, 0.2) is 66.9 Å². The van der Waals surface area contributed by atoms with Gasteiger partial charge < -0.3 is 0 Å². The molecule has 0 radical (unpaired) electrons.